The molecule has 5 N–H and O–H groups in total. The van der Waals surface area contributed by atoms with Gasteiger partial charge in [0.15, 0.2) is 11.6 Å². The third-order valence-corrected chi connectivity index (χ3v) is 6.86. The third-order valence-electron chi connectivity index (χ3n) is 5.53. The van der Waals surface area contributed by atoms with Gasteiger partial charge in [0.2, 0.25) is 5.91 Å². The second-order valence-electron chi connectivity index (χ2n) is 8.39. The van der Waals surface area contributed by atoms with Gasteiger partial charge in [-0.2, -0.15) is 0 Å². The van der Waals surface area contributed by atoms with E-state index < -0.39 is 10.0 Å². The number of nitrogens with one attached hydrogen (secondary N) is 4. The Morgan fingerprint density at radius 2 is 1.73 bits per heavy atom. The zero-order chi connectivity index (χ0) is 27.4. The lowest BCUT2D eigenvalue weighted by Crippen LogP contribution is -2.17. The highest BCUT2D eigenvalue weighted by molar-refractivity contribution is 7.92. The summed E-state index contributed by atoms with van der Waals surface area (Å²) < 4.78 is 34.5. The van der Waals surface area contributed by atoms with Crippen LogP contribution in [0, 0.1) is 0 Å². The third kappa shape index (κ3) is 6.45. The number of aromatic hydroxyl groups is 1. The highest BCUT2D eigenvalue weighted by Crippen LogP contribution is 2.31. The molecular formula is C27H27N7O5S. The first kappa shape index (κ1) is 27.9. The number of benzene rings is 3. The van der Waals surface area contributed by atoms with Crippen LogP contribution in [0.4, 0.5) is 23.0 Å². The van der Waals surface area contributed by atoms with E-state index in [9.17, 15) is 18.3 Å². The number of fused-ring (bicyclic) bond motifs is 1. The van der Waals surface area contributed by atoms with Crippen molar-refractivity contribution in [2.75, 3.05) is 22.5 Å². The summed E-state index contributed by atoms with van der Waals surface area (Å²) in [5.74, 6) is 0.0349. The van der Waals surface area contributed by atoms with E-state index in [4.69, 9.17) is 4.74 Å². The number of hydrogen-bond donors (Lipinski definition) is 5. The van der Waals surface area contributed by atoms with Crippen molar-refractivity contribution < 1.29 is 23.1 Å². The number of methoxy groups -OCH3 is 1. The van der Waals surface area contributed by atoms with Crippen LogP contribution in [0.3, 0.4) is 0 Å². The summed E-state index contributed by atoms with van der Waals surface area (Å²) in [6, 6.07) is 17.3. The van der Waals surface area contributed by atoms with Crippen LogP contribution in [-0.4, -0.2) is 46.5 Å². The number of anilines is 4. The van der Waals surface area contributed by atoms with Gasteiger partial charge in [-0.05, 0) is 30.3 Å². The van der Waals surface area contributed by atoms with E-state index in [0.29, 0.717) is 33.9 Å². The first-order valence-corrected chi connectivity index (χ1v) is 13.1. The summed E-state index contributed by atoms with van der Waals surface area (Å²) in [5, 5.41) is 15.7. The number of imidazole rings is 1. The van der Waals surface area contributed by atoms with E-state index in [0.717, 1.165) is 0 Å². The number of phenolic OH excluding ortho intramolecular Hbond substituents is 1. The number of phenols is 1. The lowest BCUT2D eigenvalue weighted by atomic mass is 10.2. The number of aromatic amines is 1. The number of rotatable bonds is 9. The molecule has 0 saturated carbocycles. The predicted octanol–water partition coefficient (Wildman–Crippen LogP) is 4.43. The zero-order valence-electron chi connectivity index (χ0n) is 20.5. The van der Waals surface area contributed by atoms with Gasteiger partial charge in [0.05, 0.1) is 35.8 Å². The maximum Gasteiger partial charge on any atom is 0.263 e. The molecule has 206 valence electrons. The second kappa shape index (κ2) is 11.7. The lowest BCUT2D eigenvalue weighted by Gasteiger charge is -2.15. The maximum atomic E-state index is 13.4. The van der Waals surface area contributed by atoms with Crippen LogP contribution in [0.5, 0.6) is 11.5 Å². The van der Waals surface area contributed by atoms with Gasteiger partial charge in [-0.25, -0.2) is 23.4 Å². The van der Waals surface area contributed by atoms with E-state index in [2.05, 4.69) is 35.3 Å². The van der Waals surface area contributed by atoms with Crippen LogP contribution in [0.1, 0.15) is 13.1 Å². The molecule has 0 unspecified atom stereocenters. The molecule has 0 atom stereocenters. The number of carbonyl (C=O) groups excluding carboxylic acids is 1. The number of para-hydroxylation sites is 2. The first-order valence-electron chi connectivity index (χ1n) is 11.6. The molecule has 5 rings (SSSR count). The maximum absolute atomic E-state index is 13.4. The van der Waals surface area contributed by atoms with Crippen molar-refractivity contribution in [2.24, 2.45) is 0 Å². The number of hydrogen-bond acceptors (Lipinski definition) is 9. The normalized spacial score (nSPS) is 10.9. The molecular weight excluding hydrogens is 534 g/mol. The van der Waals surface area contributed by atoms with Crippen LogP contribution in [0.15, 0.2) is 84.1 Å². The van der Waals surface area contributed by atoms with Crippen LogP contribution in [-0.2, 0) is 21.2 Å². The molecule has 0 bridgehead atoms. The van der Waals surface area contributed by atoms with Gasteiger partial charge >= 0.3 is 0 Å². The SMILES string of the molecule is C.COc1cc(O)cc(Nc2nc3ccccc3nc2NS(=O)(=O)c2cccc(NC(=O)Cc3cnc[nH]3)c2)c1. The topological polar surface area (TPSA) is 171 Å². The van der Waals surface area contributed by atoms with Crippen molar-refractivity contribution in [2.45, 2.75) is 18.7 Å². The molecule has 0 saturated heterocycles. The Morgan fingerprint density at radius 1 is 0.975 bits per heavy atom. The number of sulfonamides is 1. The molecule has 40 heavy (non-hydrogen) atoms. The Hall–Kier alpha value is -5.17. The molecule has 0 aliphatic rings. The van der Waals surface area contributed by atoms with E-state index in [1.807, 2.05) is 0 Å². The minimum absolute atomic E-state index is 0. The number of amides is 1. The van der Waals surface area contributed by atoms with Crippen LogP contribution in [0.2, 0.25) is 0 Å². The molecule has 0 radical (unpaired) electrons. The summed E-state index contributed by atoms with van der Waals surface area (Å²) in [6.07, 6.45) is 3.06. The zero-order valence-corrected chi connectivity index (χ0v) is 21.4. The van der Waals surface area contributed by atoms with Crippen molar-refractivity contribution >= 4 is 50.0 Å². The summed E-state index contributed by atoms with van der Waals surface area (Å²) in [4.78, 5) is 28.0. The van der Waals surface area contributed by atoms with Gasteiger partial charge < -0.3 is 25.5 Å². The molecule has 12 nitrogen and oxygen atoms in total. The van der Waals surface area contributed by atoms with Gasteiger partial charge in [-0.15, -0.1) is 0 Å². The Balaban J connectivity index is 0.00000370. The van der Waals surface area contributed by atoms with Crippen molar-refractivity contribution in [3.05, 3.63) is 84.9 Å². The number of ether oxygens (including phenoxy) is 1. The van der Waals surface area contributed by atoms with Crippen molar-refractivity contribution in [1.29, 1.82) is 0 Å². The van der Waals surface area contributed by atoms with Crippen molar-refractivity contribution in [3.63, 3.8) is 0 Å². The lowest BCUT2D eigenvalue weighted by molar-refractivity contribution is -0.115. The van der Waals surface area contributed by atoms with Gasteiger partial charge in [-0.3, -0.25) is 9.52 Å². The fraction of sp³-hybridized carbons (Fsp3) is 0.111. The quantitative estimate of drug-likeness (QED) is 0.175. The Bertz CT molecular complexity index is 1760. The average molecular weight is 562 g/mol. The highest BCUT2D eigenvalue weighted by atomic mass is 32.2. The van der Waals surface area contributed by atoms with E-state index >= 15 is 0 Å². The summed E-state index contributed by atoms with van der Waals surface area (Å²) in [7, 11) is -2.70. The number of carbonyl (C=O) groups is 1. The molecule has 1 amide bonds. The number of aromatic nitrogens is 4. The van der Waals surface area contributed by atoms with Crippen LogP contribution >= 0.6 is 0 Å². The highest BCUT2D eigenvalue weighted by Gasteiger charge is 2.20. The van der Waals surface area contributed by atoms with Gasteiger partial charge in [0, 0.05) is 41.5 Å². The van der Waals surface area contributed by atoms with Crippen LogP contribution < -0.4 is 20.1 Å². The number of nitrogens with zero attached hydrogens (tertiary/aromatic N) is 3. The Kier molecular flexibility index (Phi) is 8.15. The molecule has 0 fully saturated rings. The summed E-state index contributed by atoms with van der Waals surface area (Å²) in [5.41, 5.74) is 2.32. The van der Waals surface area contributed by atoms with Gasteiger partial charge in [0.25, 0.3) is 10.0 Å². The molecule has 0 aliphatic carbocycles. The van der Waals surface area contributed by atoms with Crippen molar-refractivity contribution in [3.8, 4) is 11.5 Å². The Morgan fingerprint density at radius 3 is 2.42 bits per heavy atom. The van der Waals surface area contributed by atoms with Gasteiger partial charge in [0.1, 0.15) is 11.5 Å². The fourth-order valence-electron chi connectivity index (χ4n) is 3.76. The van der Waals surface area contributed by atoms with Gasteiger partial charge in [-0.1, -0.05) is 25.6 Å². The standard InChI is InChI=1S/C26H23N7O5S.CH4/c1-38-20-10-17(9-19(34)13-20)30-25-26(32-23-8-3-2-7-22(23)31-25)33-39(36,37)21-6-4-5-16(11-21)29-24(35)12-18-14-27-15-28-18;/h2-11,13-15,34H,12H2,1H3,(H,27,28)(H,29,35)(H,30,31)(H,32,33);1H4. The van der Waals surface area contributed by atoms with E-state index in [-0.39, 0.29) is 42.0 Å². The smallest absolute Gasteiger partial charge is 0.263 e. The summed E-state index contributed by atoms with van der Waals surface area (Å²) in [6.45, 7) is 0. The summed E-state index contributed by atoms with van der Waals surface area (Å²) >= 11 is 0. The molecule has 13 heteroatoms. The average Bonchev–Trinajstić information content (AvgIpc) is 3.41. The minimum atomic E-state index is -4.16. The molecule has 5 aromatic rings. The molecule has 0 aliphatic heterocycles. The number of H-pyrrole nitrogens is 1. The largest absolute Gasteiger partial charge is 0.508 e. The van der Waals surface area contributed by atoms with Crippen LogP contribution in [0.25, 0.3) is 11.0 Å². The molecule has 2 aromatic heterocycles. The Labute approximate surface area is 230 Å². The predicted molar refractivity (Wildman–Crippen MR) is 152 cm³/mol. The van der Waals surface area contributed by atoms with E-state index in [1.54, 1.807) is 36.4 Å². The van der Waals surface area contributed by atoms with E-state index in [1.165, 1.54) is 50.0 Å². The monoisotopic (exact) mass is 561 g/mol. The molecule has 3 aromatic carbocycles. The second-order valence-corrected chi connectivity index (χ2v) is 10.1. The minimum Gasteiger partial charge on any atom is -0.508 e. The first-order chi connectivity index (χ1) is 18.8. The molecule has 2 heterocycles. The van der Waals surface area contributed by atoms with Crippen molar-refractivity contribution in [1.82, 2.24) is 19.9 Å². The fourth-order valence-corrected chi connectivity index (χ4v) is 4.81. The molecule has 0 spiro atoms.